The Bertz CT molecular complexity index is 608. The van der Waals surface area contributed by atoms with Crippen molar-refractivity contribution in [1.82, 2.24) is 15.1 Å². The summed E-state index contributed by atoms with van der Waals surface area (Å²) in [7, 11) is 0. The fourth-order valence-corrected chi connectivity index (χ4v) is 4.52. The molecule has 2 aliphatic heterocycles. The van der Waals surface area contributed by atoms with Crippen molar-refractivity contribution in [3.63, 3.8) is 0 Å². The van der Waals surface area contributed by atoms with E-state index in [9.17, 15) is 4.79 Å². The maximum absolute atomic E-state index is 12.4. The molecular formula is C21H30ClN3O. The molecule has 142 valence electrons. The second-order valence-electron chi connectivity index (χ2n) is 8.25. The summed E-state index contributed by atoms with van der Waals surface area (Å²) in [6.45, 7) is 5.41. The normalized spacial score (nSPS) is 26.0. The number of benzene rings is 1. The summed E-state index contributed by atoms with van der Waals surface area (Å²) >= 11 is 5.98. The first-order valence-electron chi connectivity index (χ1n) is 10.2. The highest BCUT2D eigenvalue weighted by molar-refractivity contribution is 6.30. The highest BCUT2D eigenvalue weighted by atomic mass is 35.5. The molecule has 0 aromatic heterocycles. The summed E-state index contributed by atoms with van der Waals surface area (Å²) in [6.07, 6.45) is 7.00. The van der Waals surface area contributed by atoms with Crippen LogP contribution >= 0.6 is 11.6 Å². The third-order valence-electron chi connectivity index (χ3n) is 6.14. The maximum atomic E-state index is 12.4. The van der Waals surface area contributed by atoms with Gasteiger partial charge in [-0.25, -0.2) is 0 Å². The van der Waals surface area contributed by atoms with Crippen molar-refractivity contribution in [2.45, 2.75) is 57.2 Å². The maximum Gasteiger partial charge on any atom is 0.224 e. The number of hydrogen-bond acceptors (Lipinski definition) is 3. The van der Waals surface area contributed by atoms with E-state index in [1.807, 2.05) is 12.1 Å². The molecule has 1 aliphatic carbocycles. The van der Waals surface area contributed by atoms with Gasteiger partial charge in [0.15, 0.2) is 0 Å². The molecule has 1 amide bonds. The quantitative estimate of drug-likeness (QED) is 0.857. The van der Waals surface area contributed by atoms with Gasteiger partial charge in [-0.2, -0.15) is 0 Å². The molecule has 4 nitrogen and oxygen atoms in total. The average molecular weight is 376 g/mol. The molecule has 4 rings (SSSR count). The molecule has 1 saturated carbocycles. The molecule has 2 saturated heterocycles. The molecule has 0 unspecified atom stereocenters. The highest BCUT2D eigenvalue weighted by Gasteiger charge is 2.33. The van der Waals surface area contributed by atoms with Crippen molar-refractivity contribution in [3.8, 4) is 0 Å². The van der Waals surface area contributed by atoms with Gasteiger partial charge in [0.25, 0.3) is 0 Å². The summed E-state index contributed by atoms with van der Waals surface area (Å²) < 4.78 is 0. The number of likely N-dealkylation sites (tertiary alicyclic amines) is 2. The zero-order chi connectivity index (χ0) is 17.9. The number of amides is 1. The first kappa shape index (κ1) is 18.3. The predicted octanol–water partition coefficient (Wildman–Crippen LogP) is 3.30. The minimum absolute atomic E-state index is 0.205. The summed E-state index contributed by atoms with van der Waals surface area (Å²) in [5, 5.41) is 4.01. The summed E-state index contributed by atoms with van der Waals surface area (Å²) in [5.41, 5.74) is 1.34. The van der Waals surface area contributed by atoms with E-state index in [-0.39, 0.29) is 5.92 Å². The number of nitrogens with zero attached hydrogens (tertiary/aromatic N) is 2. The van der Waals surface area contributed by atoms with Crippen molar-refractivity contribution in [1.29, 1.82) is 0 Å². The Morgan fingerprint density at radius 3 is 2.46 bits per heavy atom. The van der Waals surface area contributed by atoms with Crippen LogP contribution in [0.4, 0.5) is 0 Å². The molecule has 5 heteroatoms. The standard InChI is InChI=1S/C21H30ClN3O/c22-18-5-3-16(4-6-18)14-24-12-9-20(10-13-24)25-11-1-2-17(15-25)21(26)23-19-7-8-19/h3-6,17,19-20H,1-2,7-15H2,(H,23,26)/t17-/m0/s1. The molecule has 3 aliphatic rings. The Hall–Kier alpha value is -1.10. The molecule has 3 fully saturated rings. The van der Waals surface area contributed by atoms with Gasteiger partial charge in [-0.15, -0.1) is 0 Å². The monoisotopic (exact) mass is 375 g/mol. The lowest BCUT2D eigenvalue weighted by molar-refractivity contribution is -0.127. The van der Waals surface area contributed by atoms with E-state index < -0.39 is 0 Å². The Kier molecular flexibility index (Phi) is 5.82. The molecule has 1 N–H and O–H groups in total. The van der Waals surface area contributed by atoms with Gasteiger partial charge in [-0.1, -0.05) is 23.7 Å². The van der Waals surface area contributed by atoms with E-state index in [1.165, 1.54) is 31.2 Å². The van der Waals surface area contributed by atoms with Gasteiger partial charge in [-0.3, -0.25) is 14.6 Å². The topological polar surface area (TPSA) is 35.6 Å². The Morgan fingerprint density at radius 2 is 1.77 bits per heavy atom. The third kappa shape index (κ3) is 4.79. The molecular weight excluding hydrogens is 346 g/mol. The number of carbonyl (C=O) groups excluding carboxylic acids is 1. The van der Waals surface area contributed by atoms with Gasteiger partial charge < -0.3 is 5.32 Å². The zero-order valence-corrected chi connectivity index (χ0v) is 16.3. The Morgan fingerprint density at radius 1 is 1.04 bits per heavy atom. The lowest BCUT2D eigenvalue weighted by atomic mass is 9.93. The van der Waals surface area contributed by atoms with E-state index in [4.69, 9.17) is 11.6 Å². The van der Waals surface area contributed by atoms with Crippen LogP contribution in [0.25, 0.3) is 0 Å². The summed E-state index contributed by atoms with van der Waals surface area (Å²) in [5.74, 6) is 0.508. The van der Waals surface area contributed by atoms with E-state index in [1.54, 1.807) is 0 Å². The van der Waals surface area contributed by atoms with Gasteiger partial charge in [0.2, 0.25) is 5.91 Å². The average Bonchev–Trinajstić information content (AvgIpc) is 3.48. The molecule has 0 spiro atoms. The second kappa shape index (κ2) is 8.28. The van der Waals surface area contributed by atoms with E-state index in [2.05, 4.69) is 27.2 Å². The van der Waals surface area contributed by atoms with Crippen molar-refractivity contribution in [2.75, 3.05) is 26.2 Å². The van der Waals surface area contributed by atoms with Gasteiger partial charge in [0.05, 0.1) is 5.92 Å². The van der Waals surface area contributed by atoms with Crippen LogP contribution in [-0.2, 0) is 11.3 Å². The summed E-state index contributed by atoms with van der Waals surface area (Å²) in [4.78, 5) is 17.5. The van der Waals surface area contributed by atoms with Crippen molar-refractivity contribution in [3.05, 3.63) is 34.9 Å². The molecule has 1 aromatic carbocycles. The van der Waals surface area contributed by atoms with E-state index in [0.29, 0.717) is 18.0 Å². The fraction of sp³-hybridized carbons (Fsp3) is 0.667. The second-order valence-corrected chi connectivity index (χ2v) is 8.69. The lowest BCUT2D eigenvalue weighted by Gasteiger charge is -2.42. The number of nitrogens with one attached hydrogen (secondary N) is 1. The number of carbonyl (C=O) groups is 1. The van der Waals surface area contributed by atoms with Crippen LogP contribution in [0.15, 0.2) is 24.3 Å². The third-order valence-corrected chi connectivity index (χ3v) is 6.39. The SMILES string of the molecule is O=C(NC1CC1)[C@H]1CCCN(C2CCN(Cc3ccc(Cl)cc3)CC2)C1. The van der Waals surface area contributed by atoms with Crippen molar-refractivity contribution < 1.29 is 4.79 Å². The van der Waals surface area contributed by atoms with Crippen LogP contribution in [0, 0.1) is 5.92 Å². The molecule has 0 bridgehead atoms. The lowest BCUT2D eigenvalue weighted by Crippen LogP contribution is -2.50. The van der Waals surface area contributed by atoms with Gasteiger partial charge >= 0.3 is 0 Å². The molecule has 26 heavy (non-hydrogen) atoms. The molecule has 1 aromatic rings. The van der Waals surface area contributed by atoms with Crippen LogP contribution in [0.2, 0.25) is 5.02 Å². The number of hydrogen-bond donors (Lipinski definition) is 1. The Balaban J connectivity index is 1.24. The van der Waals surface area contributed by atoms with E-state index >= 15 is 0 Å². The smallest absolute Gasteiger partial charge is 0.224 e. The Labute approximate surface area is 161 Å². The highest BCUT2D eigenvalue weighted by Crippen LogP contribution is 2.26. The molecule has 2 heterocycles. The first-order chi connectivity index (χ1) is 12.7. The number of halogens is 1. The van der Waals surface area contributed by atoms with Crippen molar-refractivity contribution >= 4 is 17.5 Å². The number of rotatable bonds is 5. The van der Waals surface area contributed by atoms with Crippen LogP contribution in [0.5, 0.6) is 0 Å². The fourth-order valence-electron chi connectivity index (χ4n) is 4.39. The summed E-state index contributed by atoms with van der Waals surface area (Å²) in [6, 6.07) is 9.33. The van der Waals surface area contributed by atoms with Crippen LogP contribution in [0.1, 0.15) is 44.1 Å². The largest absolute Gasteiger partial charge is 0.353 e. The van der Waals surface area contributed by atoms with Gasteiger partial charge in [0, 0.05) is 30.2 Å². The molecule has 1 atom stereocenters. The first-order valence-corrected chi connectivity index (χ1v) is 10.6. The molecule has 0 radical (unpaired) electrons. The minimum atomic E-state index is 0.205. The minimum Gasteiger partial charge on any atom is -0.353 e. The van der Waals surface area contributed by atoms with Crippen LogP contribution in [-0.4, -0.2) is 54.0 Å². The van der Waals surface area contributed by atoms with Crippen LogP contribution < -0.4 is 5.32 Å². The van der Waals surface area contributed by atoms with E-state index in [0.717, 1.165) is 50.6 Å². The van der Waals surface area contributed by atoms with Crippen molar-refractivity contribution in [2.24, 2.45) is 5.92 Å². The predicted molar refractivity (Wildman–Crippen MR) is 105 cm³/mol. The van der Waals surface area contributed by atoms with Gasteiger partial charge in [-0.05, 0) is 75.9 Å². The van der Waals surface area contributed by atoms with Crippen LogP contribution in [0.3, 0.4) is 0 Å². The zero-order valence-electron chi connectivity index (χ0n) is 15.5. The number of piperidine rings is 2. The van der Waals surface area contributed by atoms with Gasteiger partial charge in [0.1, 0.15) is 0 Å².